The van der Waals surface area contributed by atoms with Crippen LogP contribution in [0.1, 0.15) is 36.0 Å². The van der Waals surface area contributed by atoms with Crippen LogP contribution in [0.25, 0.3) is 0 Å². The first-order valence-corrected chi connectivity index (χ1v) is 8.44. The SMILES string of the molecule is O=C(NCC1CCCCC1CBr)c1cc(O)ccc1Cl. The van der Waals surface area contributed by atoms with Gasteiger partial charge >= 0.3 is 0 Å². The Morgan fingerprint density at radius 1 is 1.35 bits per heavy atom. The number of carbonyl (C=O) groups is 1. The van der Waals surface area contributed by atoms with E-state index in [1.165, 1.54) is 37.5 Å². The van der Waals surface area contributed by atoms with Crippen molar-refractivity contribution in [2.24, 2.45) is 11.8 Å². The third-order valence-corrected chi connectivity index (χ3v) is 5.15. The average Bonchev–Trinajstić information content (AvgIpc) is 2.47. The molecule has 1 aromatic rings. The van der Waals surface area contributed by atoms with Crippen molar-refractivity contribution < 1.29 is 9.90 Å². The second-order valence-electron chi connectivity index (χ2n) is 5.33. The molecular formula is C15H19BrClNO2. The predicted octanol–water partition coefficient (Wildman–Crippen LogP) is 3.98. The summed E-state index contributed by atoms with van der Waals surface area (Å²) in [6.45, 7) is 0.668. The Bertz CT molecular complexity index is 481. The van der Waals surface area contributed by atoms with Crippen molar-refractivity contribution >= 4 is 33.4 Å². The van der Waals surface area contributed by atoms with Gasteiger partial charge in [-0.1, -0.05) is 40.4 Å². The van der Waals surface area contributed by atoms with Gasteiger partial charge in [0.25, 0.3) is 5.91 Å². The number of rotatable bonds is 4. The lowest BCUT2D eigenvalue weighted by Crippen LogP contribution is -2.34. The molecule has 1 saturated carbocycles. The largest absolute Gasteiger partial charge is 0.508 e. The molecule has 0 saturated heterocycles. The molecule has 1 fully saturated rings. The van der Waals surface area contributed by atoms with E-state index in [1.807, 2.05) is 0 Å². The van der Waals surface area contributed by atoms with Crippen LogP contribution in [-0.2, 0) is 0 Å². The topological polar surface area (TPSA) is 49.3 Å². The highest BCUT2D eigenvalue weighted by Crippen LogP contribution is 2.31. The van der Waals surface area contributed by atoms with Crippen LogP contribution in [0.4, 0.5) is 0 Å². The van der Waals surface area contributed by atoms with Gasteiger partial charge in [-0.25, -0.2) is 0 Å². The monoisotopic (exact) mass is 359 g/mol. The Hall–Kier alpha value is -0.740. The predicted molar refractivity (Wildman–Crippen MR) is 84.7 cm³/mol. The van der Waals surface area contributed by atoms with Crippen molar-refractivity contribution in [2.45, 2.75) is 25.7 Å². The molecule has 1 aliphatic rings. The van der Waals surface area contributed by atoms with E-state index in [2.05, 4.69) is 21.2 Å². The quantitative estimate of drug-likeness (QED) is 0.798. The van der Waals surface area contributed by atoms with E-state index in [0.717, 1.165) is 11.8 Å². The molecule has 0 spiro atoms. The number of nitrogens with one attached hydrogen (secondary N) is 1. The molecule has 0 aliphatic heterocycles. The molecule has 1 amide bonds. The van der Waals surface area contributed by atoms with Crippen molar-refractivity contribution in [3.63, 3.8) is 0 Å². The zero-order chi connectivity index (χ0) is 14.5. The standard InChI is InChI=1S/C15H19BrClNO2/c16-8-10-3-1-2-4-11(10)9-18-15(20)13-7-12(19)5-6-14(13)17/h5-7,10-11,19H,1-4,8-9H2,(H,18,20). The summed E-state index contributed by atoms with van der Waals surface area (Å²) in [6, 6.07) is 4.41. The number of alkyl halides is 1. The number of hydrogen-bond acceptors (Lipinski definition) is 2. The van der Waals surface area contributed by atoms with E-state index in [1.54, 1.807) is 0 Å². The minimum Gasteiger partial charge on any atom is -0.508 e. The van der Waals surface area contributed by atoms with Crippen LogP contribution < -0.4 is 5.32 Å². The van der Waals surface area contributed by atoms with E-state index >= 15 is 0 Å². The van der Waals surface area contributed by atoms with Crippen LogP contribution >= 0.6 is 27.5 Å². The first kappa shape index (κ1) is 15.6. The normalized spacial score (nSPS) is 22.5. The molecule has 2 atom stereocenters. The lowest BCUT2D eigenvalue weighted by atomic mass is 9.80. The Morgan fingerprint density at radius 3 is 2.75 bits per heavy atom. The Kier molecular flexibility index (Phi) is 5.73. The fourth-order valence-corrected chi connectivity index (χ4v) is 3.82. The number of amides is 1. The number of phenols is 1. The summed E-state index contributed by atoms with van der Waals surface area (Å²) in [4.78, 5) is 12.1. The van der Waals surface area contributed by atoms with Crippen LogP contribution in [0.5, 0.6) is 5.75 Å². The molecule has 5 heteroatoms. The third-order valence-electron chi connectivity index (χ3n) is 3.98. The van der Waals surface area contributed by atoms with Crippen molar-refractivity contribution in [3.05, 3.63) is 28.8 Å². The lowest BCUT2D eigenvalue weighted by molar-refractivity contribution is 0.0936. The summed E-state index contributed by atoms with van der Waals surface area (Å²) in [6.07, 6.45) is 4.89. The Labute approximate surface area is 132 Å². The van der Waals surface area contributed by atoms with Crippen LogP contribution in [0, 0.1) is 11.8 Å². The zero-order valence-electron chi connectivity index (χ0n) is 11.2. The summed E-state index contributed by atoms with van der Waals surface area (Å²) in [7, 11) is 0. The first-order valence-electron chi connectivity index (χ1n) is 6.94. The lowest BCUT2D eigenvalue weighted by Gasteiger charge is -2.30. The Morgan fingerprint density at radius 2 is 2.05 bits per heavy atom. The molecule has 2 N–H and O–H groups in total. The van der Waals surface area contributed by atoms with Gasteiger partial charge in [0, 0.05) is 11.9 Å². The molecule has 1 aliphatic carbocycles. The molecule has 3 nitrogen and oxygen atoms in total. The highest BCUT2D eigenvalue weighted by molar-refractivity contribution is 9.09. The molecule has 1 aromatic carbocycles. The smallest absolute Gasteiger partial charge is 0.252 e. The van der Waals surface area contributed by atoms with E-state index in [4.69, 9.17) is 11.6 Å². The van der Waals surface area contributed by atoms with Crippen molar-refractivity contribution in [1.29, 1.82) is 0 Å². The minimum absolute atomic E-state index is 0.0514. The van der Waals surface area contributed by atoms with Gasteiger partial charge < -0.3 is 10.4 Å². The summed E-state index contributed by atoms with van der Waals surface area (Å²) >= 11 is 9.55. The van der Waals surface area contributed by atoms with Gasteiger partial charge in [-0.3, -0.25) is 4.79 Å². The van der Waals surface area contributed by atoms with Crippen LogP contribution in [-0.4, -0.2) is 22.9 Å². The number of halogens is 2. The fourth-order valence-electron chi connectivity index (χ4n) is 2.76. The van der Waals surface area contributed by atoms with Gasteiger partial charge in [-0.2, -0.15) is 0 Å². The first-order chi connectivity index (χ1) is 9.61. The molecule has 20 heavy (non-hydrogen) atoms. The van der Waals surface area contributed by atoms with E-state index < -0.39 is 0 Å². The molecule has 2 rings (SSSR count). The van der Waals surface area contributed by atoms with Gasteiger partial charge in [0.15, 0.2) is 0 Å². The maximum atomic E-state index is 12.1. The fraction of sp³-hybridized carbons (Fsp3) is 0.533. The van der Waals surface area contributed by atoms with Crippen molar-refractivity contribution in [2.75, 3.05) is 11.9 Å². The molecule has 0 bridgehead atoms. The van der Waals surface area contributed by atoms with E-state index in [0.29, 0.717) is 29.0 Å². The van der Waals surface area contributed by atoms with Gasteiger partial charge in [-0.05, 0) is 42.9 Å². The van der Waals surface area contributed by atoms with E-state index in [-0.39, 0.29) is 11.7 Å². The van der Waals surface area contributed by atoms with Crippen LogP contribution in [0.3, 0.4) is 0 Å². The van der Waals surface area contributed by atoms with Gasteiger partial charge in [-0.15, -0.1) is 0 Å². The van der Waals surface area contributed by atoms with Crippen LogP contribution in [0.2, 0.25) is 5.02 Å². The number of benzene rings is 1. The number of carbonyl (C=O) groups excluding carboxylic acids is 1. The van der Waals surface area contributed by atoms with Gasteiger partial charge in [0.05, 0.1) is 10.6 Å². The summed E-state index contributed by atoms with van der Waals surface area (Å²) in [5.41, 5.74) is 0.331. The summed E-state index contributed by atoms with van der Waals surface area (Å²) in [5, 5.41) is 13.7. The molecular weight excluding hydrogens is 342 g/mol. The Balaban J connectivity index is 1.96. The highest BCUT2D eigenvalue weighted by atomic mass is 79.9. The average molecular weight is 361 g/mol. The molecule has 110 valence electrons. The van der Waals surface area contributed by atoms with Gasteiger partial charge in [0.1, 0.15) is 5.75 Å². The second-order valence-corrected chi connectivity index (χ2v) is 6.39. The number of hydrogen-bond donors (Lipinski definition) is 2. The molecule has 2 unspecified atom stereocenters. The van der Waals surface area contributed by atoms with E-state index in [9.17, 15) is 9.90 Å². The third kappa shape index (κ3) is 3.89. The maximum absolute atomic E-state index is 12.1. The van der Waals surface area contributed by atoms with Crippen molar-refractivity contribution in [1.82, 2.24) is 5.32 Å². The number of phenolic OH excluding ortho intramolecular Hbond substituents is 1. The summed E-state index contributed by atoms with van der Waals surface area (Å²) < 4.78 is 0. The minimum atomic E-state index is -0.218. The maximum Gasteiger partial charge on any atom is 0.252 e. The molecule has 0 radical (unpaired) electrons. The van der Waals surface area contributed by atoms with Crippen LogP contribution in [0.15, 0.2) is 18.2 Å². The molecule has 0 aromatic heterocycles. The summed E-state index contributed by atoms with van der Waals surface area (Å²) in [5.74, 6) is 0.979. The highest BCUT2D eigenvalue weighted by Gasteiger charge is 2.24. The van der Waals surface area contributed by atoms with Crippen molar-refractivity contribution in [3.8, 4) is 5.75 Å². The van der Waals surface area contributed by atoms with Gasteiger partial charge in [0.2, 0.25) is 0 Å². The second kappa shape index (κ2) is 7.32. The number of aromatic hydroxyl groups is 1. The zero-order valence-corrected chi connectivity index (χ0v) is 13.6. The molecule has 0 heterocycles.